The Hall–Kier alpha value is -2.44. The normalized spacial score (nSPS) is 10.5. The van der Waals surface area contributed by atoms with E-state index in [-0.39, 0.29) is 11.7 Å². The summed E-state index contributed by atoms with van der Waals surface area (Å²) in [4.78, 5) is 28.2. The standard InChI is InChI=1S/C20H18N2O2S2/c1-13-11-25-20(21-13)26-12-15-6-8-16(9-7-15)19(24)22-18-5-3-4-17(10-18)14(2)23/h3-11H,12H2,1-2H3,(H,22,24). The summed E-state index contributed by atoms with van der Waals surface area (Å²) in [5.74, 6) is 0.592. The third-order valence-corrected chi connectivity index (χ3v) is 5.91. The summed E-state index contributed by atoms with van der Waals surface area (Å²) in [7, 11) is 0. The van der Waals surface area contributed by atoms with Gasteiger partial charge >= 0.3 is 0 Å². The number of anilines is 1. The fraction of sp³-hybridized carbons (Fsp3) is 0.150. The number of thioether (sulfide) groups is 1. The summed E-state index contributed by atoms with van der Waals surface area (Å²) >= 11 is 3.34. The molecule has 2 aromatic carbocycles. The molecular formula is C20H18N2O2S2. The van der Waals surface area contributed by atoms with E-state index < -0.39 is 0 Å². The highest BCUT2D eigenvalue weighted by Gasteiger charge is 2.08. The lowest BCUT2D eigenvalue weighted by Gasteiger charge is -2.07. The molecule has 0 atom stereocenters. The molecule has 0 radical (unpaired) electrons. The van der Waals surface area contributed by atoms with E-state index in [4.69, 9.17) is 0 Å². The lowest BCUT2D eigenvalue weighted by molar-refractivity contribution is 0.101. The fourth-order valence-corrected chi connectivity index (χ4v) is 4.12. The van der Waals surface area contributed by atoms with E-state index in [0.29, 0.717) is 16.8 Å². The van der Waals surface area contributed by atoms with Gasteiger partial charge in [0.15, 0.2) is 5.78 Å². The average molecular weight is 383 g/mol. The number of ketones is 1. The highest BCUT2D eigenvalue weighted by molar-refractivity contribution is 8.00. The number of benzene rings is 2. The molecule has 0 aliphatic carbocycles. The summed E-state index contributed by atoms with van der Waals surface area (Å²) in [6.07, 6.45) is 0. The number of rotatable bonds is 6. The van der Waals surface area contributed by atoms with Crippen LogP contribution in [-0.2, 0) is 5.75 Å². The van der Waals surface area contributed by atoms with Gasteiger partial charge in [0.25, 0.3) is 5.91 Å². The zero-order valence-electron chi connectivity index (χ0n) is 14.5. The topological polar surface area (TPSA) is 59.1 Å². The number of hydrogen-bond donors (Lipinski definition) is 1. The van der Waals surface area contributed by atoms with Crippen molar-refractivity contribution in [2.24, 2.45) is 0 Å². The van der Waals surface area contributed by atoms with Gasteiger partial charge < -0.3 is 5.32 Å². The number of carbonyl (C=O) groups excluding carboxylic acids is 2. The second kappa shape index (κ2) is 8.29. The van der Waals surface area contributed by atoms with Crippen molar-refractivity contribution in [3.8, 4) is 0 Å². The molecule has 1 heterocycles. The Morgan fingerprint density at radius 1 is 1.12 bits per heavy atom. The number of nitrogens with zero attached hydrogens (tertiary/aromatic N) is 1. The van der Waals surface area contributed by atoms with E-state index in [9.17, 15) is 9.59 Å². The Morgan fingerprint density at radius 3 is 2.54 bits per heavy atom. The number of aromatic nitrogens is 1. The smallest absolute Gasteiger partial charge is 0.255 e. The third kappa shape index (κ3) is 4.80. The van der Waals surface area contributed by atoms with E-state index in [1.54, 1.807) is 47.4 Å². The van der Waals surface area contributed by atoms with Crippen molar-refractivity contribution >= 4 is 40.5 Å². The zero-order valence-corrected chi connectivity index (χ0v) is 16.1. The Kier molecular flexibility index (Phi) is 5.85. The SMILES string of the molecule is CC(=O)c1cccc(NC(=O)c2ccc(CSc3nc(C)cs3)cc2)c1. The number of hydrogen-bond acceptors (Lipinski definition) is 5. The molecule has 0 aliphatic rings. The second-order valence-corrected chi connectivity index (χ2v) is 7.91. The van der Waals surface area contributed by atoms with Crippen LogP contribution in [0.2, 0.25) is 0 Å². The number of nitrogens with one attached hydrogen (secondary N) is 1. The van der Waals surface area contributed by atoms with Gasteiger partial charge in [0.1, 0.15) is 4.34 Å². The van der Waals surface area contributed by atoms with Crippen molar-refractivity contribution in [3.05, 3.63) is 76.3 Å². The molecular weight excluding hydrogens is 364 g/mol. The van der Waals surface area contributed by atoms with Crippen molar-refractivity contribution in [2.45, 2.75) is 23.9 Å². The highest BCUT2D eigenvalue weighted by atomic mass is 32.2. The first-order valence-corrected chi connectivity index (χ1v) is 9.94. The number of thiazole rings is 1. The molecule has 4 nitrogen and oxygen atoms in total. The first-order valence-electron chi connectivity index (χ1n) is 8.07. The number of aryl methyl sites for hydroxylation is 1. The molecule has 0 aliphatic heterocycles. The van der Waals surface area contributed by atoms with Gasteiger partial charge in [-0.2, -0.15) is 0 Å². The predicted octanol–water partition coefficient (Wildman–Crippen LogP) is 5.20. The van der Waals surface area contributed by atoms with Gasteiger partial charge in [-0.15, -0.1) is 11.3 Å². The lowest BCUT2D eigenvalue weighted by Crippen LogP contribution is -2.12. The monoisotopic (exact) mass is 382 g/mol. The average Bonchev–Trinajstić information content (AvgIpc) is 3.06. The van der Waals surface area contributed by atoms with Crippen molar-refractivity contribution < 1.29 is 9.59 Å². The van der Waals surface area contributed by atoms with Crippen molar-refractivity contribution in [1.29, 1.82) is 0 Å². The fourth-order valence-electron chi connectivity index (χ4n) is 2.32. The predicted molar refractivity (Wildman–Crippen MR) is 107 cm³/mol. The largest absolute Gasteiger partial charge is 0.322 e. The van der Waals surface area contributed by atoms with Crippen molar-refractivity contribution in [3.63, 3.8) is 0 Å². The molecule has 3 rings (SSSR count). The van der Waals surface area contributed by atoms with Crippen molar-refractivity contribution in [2.75, 3.05) is 5.32 Å². The van der Waals surface area contributed by atoms with Gasteiger partial charge in [-0.3, -0.25) is 9.59 Å². The van der Waals surface area contributed by atoms with E-state index >= 15 is 0 Å². The van der Waals surface area contributed by atoms with Crippen LogP contribution >= 0.6 is 23.1 Å². The Bertz CT molecular complexity index is 933. The second-order valence-electron chi connectivity index (χ2n) is 5.83. The minimum atomic E-state index is -0.194. The highest BCUT2D eigenvalue weighted by Crippen LogP contribution is 2.26. The minimum Gasteiger partial charge on any atom is -0.322 e. The molecule has 0 fully saturated rings. The van der Waals surface area contributed by atoms with Crippen molar-refractivity contribution in [1.82, 2.24) is 4.98 Å². The Labute approximate surface area is 160 Å². The summed E-state index contributed by atoms with van der Waals surface area (Å²) < 4.78 is 1.05. The van der Waals surface area contributed by atoms with Gasteiger partial charge in [-0.05, 0) is 43.7 Å². The molecule has 1 N–H and O–H groups in total. The maximum Gasteiger partial charge on any atom is 0.255 e. The molecule has 0 unspecified atom stereocenters. The van der Waals surface area contributed by atoms with Crippen LogP contribution in [0.25, 0.3) is 0 Å². The molecule has 6 heteroatoms. The van der Waals surface area contributed by atoms with Crippen LogP contribution in [0.3, 0.4) is 0 Å². The van der Waals surface area contributed by atoms with Gasteiger partial charge in [-0.1, -0.05) is 36.0 Å². The molecule has 0 bridgehead atoms. The Morgan fingerprint density at radius 2 is 1.88 bits per heavy atom. The maximum atomic E-state index is 12.4. The molecule has 1 amide bonds. The van der Waals surface area contributed by atoms with E-state index in [0.717, 1.165) is 21.3 Å². The van der Waals surface area contributed by atoms with Crippen LogP contribution in [0.5, 0.6) is 0 Å². The summed E-state index contributed by atoms with van der Waals surface area (Å²) in [5.41, 5.74) is 3.95. The minimum absolute atomic E-state index is 0.0293. The van der Waals surface area contributed by atoms with E-state index in [2.05, 4.69) is 10.3 Å². The molecule has 0 spiro atoms. The number of amides is 1. The van der Waals surface area contributed by atoms with Crippen LogP contribution in [0.4, 0.5) is 5.69 Å². The van der Waals surface area contributed by atoms with Crippen LogP contribution in [-0.4, -0.2) is 16.7 Å². The molecule has 1 aromatic heterocycles. The lowest BCUT2D eigenvalue weighted by atomic mass is 10.1. The molecule has 0 saturated heterocycles. The number of carbonyl (C=O) groups is 2. The third-order valence-electron chi connectivity index (χ3n) is 3.70. The van der Waals surface area contributed by atoms with Crippen LogP contribution in [0, 0.1) is 6.92 Å². The molecule has 3 aromatic rings. The summed E-state index contributed by atoms with van der Waals surface area (Å²) in [6, 6.07) is 14.5. The van der Waals surface area contributed by atoms with Crippen LogP contribution in [0.1, 0.15) is 38.9 Å². The summed E-state index contributed by atoms with van der Waals surface area (Å²) in [6.45, 7) is 3.49. The maximum absolute atomic E-state index is 12.4. The van der Waals surface area contributed by atoms with E-state index in [1.165, 1.54) is 6.92 Å². The zero-order chi connectivity index (χ0) is 18.5. The first kappa shape index (κ1) is 18.4. The van der Waals surface area contributed by atoms with Gasteiger partial charge in [-0.25, -0.2) is 4.98 Å². The molecule has 26 heavy (non-hydrogen) atoms. The van der Waals surface area contributed by atoms with Crippen LogP contribution < -0.4 is 5.32 Å². The summed E-state index contributed by atoms with van der Waals surface area (Å²) in [5, 5.41) is 4.87. The quantitative estimate of drug-likeness (QED) is 0.470. The van der Waals surface area contributed by atoms with Gasteiger partial charge in [0.05, 0.1) is 0 Å². The van der Waals surface area contributed by atoms with Gasteiger partial charge in [0.2, 0.25) is 0 Å². The number of Topliss-reactive ketones (excluding diaryl/α,β-unsaturated/α-hetero) is 1. The van der Waals surface area contributed by atoms with E-state index in [1.807, 2.05) is 36.6 Å². The van der Waals surface area contributed by atoms with Gasteiger partial charge in [0, 0.05) is 33.6 Å². The molecule has 132 valence electrons. The first-order chi connectivity index (χ1) is 12.5. The molecule has 0 saturated carbocycles. The van der Waals surface area contributed by atoms with Crippen LogP contribution in [0.15, 0.2) is 58.3 Å². The Balaban J connectivity index is 1.61.